The summed E-state index contributed by atoms with van der Waals surface area (Å²) >= 11 is 0. The number of unbranched alkanes of at least 4 members (excludes halogenated alkanes) is 3. The predicted molar refractivity (Wildman–Crippen MR) is 61.4 cm³/mol. The fourth-order valence-electron chi connectivity index (χ4n) is 1.32. The number of hydrogen-bond donors (Lipinski definition) is 0. The van der Waals surface area contributed by atoms with Crippen LogP contribution in [0.25, 0.3) is 0 Å². The number of hydrogen-bond acceptors (Lipinski definition) is 3. The Labute approximate surface area is 95.7 Å². The number of carbonyl (C=O) groups excluding carboxylic acids is 1. The third kappa shape index (κ3) is 4.61. The van der Waals surface area contributed by atoms with Crippen LogP contribution < -0.4 is 4.74 Å². The molecular weight excluding hydrogens is 202 g/mol. The molecule has 1 aromatic rings. The fourth-order valence-corrected chi connectivity index (χ4v) is 1.32. The highest BCUT2D eigenvalue weighted by atomic mass is 16.5. The van der Waals surface area contributed by atoms with Gasteiger partial charge in [-0.15, -0.1) is 0 Å². The Morgan fingerprint density at radius 3 is 2.56 bits per heavy atom. The van der Waals surface area contributed by atoms with Gasteiger partial charge in [0.2, 0.25) is 0 Å². The number of benzene rings is 1. The van der Waals surface area contributed by atoms with Crippen LogP contribution in [0.4, 0.5) is 0 Å². The summed E-state index contributed by atoms with van der Waals surface area (Å²) in [6.45, 7) is 0.659. The Balaban J connectivity index is 2.17. The minimum absolute atomic E-state index is 0.619. The predicted octanol–water partition coefficient (Wildman–Crippen LogP) is 2.96. The van der Waals surface area contributed by atoms with Gasteiger partial charge < -0.3 is 4.74 Å². The summed E-state index contributed by atoms with van der Waals surface area (Å²) in [7, 11) is 0. The van der Waals surface area contributed by atoms with Crippen LogP contribution in [0.15, 0.2) is 24.3 Å². The topological polar surface area (TPSA) is 50.1 Å². The van der Waals surface area contributed by atoms with Gasteiger partial charge in [-0.2, -0.15) is 5.26 Å². The maximum absolute atomic E-state index is 10.4. The van der Waals surface area contributed by atoms with Crippen molar-refractivity contribution in [3.63, 3.8) is 0 Å². The molecule has 0 spiro atoms. The summed E-state index contributed by atoms with van der Waals surface area (Å²) in [6, 6.07) is 9.16. The average molecular weight is 217 g/mol. The van der Waals surface area contributed by atoms with E-state index in [1.165, 1.54) is 0 Å². The van der Waals surface area contributed by atoms with Crippen molar-refractivity contribution in [1.82, 2.24) is 0 Å². The molecule has 16 heavy (non-hydrogen) atoms. The molecule has 0 aliphatic heterocycles. The van der Waals surface area contributed by atoms with Gasteiger partial charge in [-0.05, 0) is 43.5 Å². The number of nitriles is 1. The van der Waals surface area contributed by atoms with Crippen molar-refractivity contribution in [2.24, 2.45) is 0 Å². The molecule has 0 fully saturated rings. The van der Waals surface area contributed by atoms with Crippen molar-refractivity contribution in [2.45, 2.75) is 25.7 Å². The first kappa shape index (κ1) is 12.3. The molecule has 0 saturated heterocycles. The number of aldehydes is 1. The van der Waals surface area contributed by atoms with Crippen LogP contribution in [0.3, 0.4) is 0 Å². The van der Waals surface area contributed by atoms with E-state index >= 15 is 0 Å². The van der Waals surface area contributed by atoms with E-state index in [9.17, 15) is 4.79 Å². The van der Waals surface area contributed by atoms with Crippen LogP contribution in [-0.2, 0) is 0 Å². The number of rotatable bonds is 7. The van der Waals surface area contributed by atoms with Crippen LogP contribution >= 0.6 is 0 Å². The minimum Gasteiger partial charge on any atom is -0.494 e. The SMILES string of the molecule is N#CCCCCCOc1ccc(C=O)cc1. The highest BCUT2D eigenvalue weighted by Crippen LogP contribution is 2.11. The van der Waals surface area contributed by atoms with Gasteiger partial charge in [0.1, 0.15) is 12.0 Å². The summed E-state index contributed by atoms with van der Waals surface area (Å²) in [5, 5.41) is 8.34. The molecule has 0 unspecified atom stereocenters. The zero-order valence-corrected chi connectivity index (χ0v) is 9.19. The van der Waals surface area contributed by atoms with E-state index in [0.717, 1.165) is 31.3 Å². The second-order valence-corrected chi connectivity index (χ2v) is 3.50. The summed E-state index contributed by atoms with van der Waals surface area (Å²) in [5.74, 6) is 0.783. The molecule has 0 aromatic heterocycles. The summed E-state index contributed by atoms with van der Waals surface area (Å²) < 4.78 is 5.49. The van der Waals surface area contributed by atoms with Crippen LogP contribution in [0.2, 0.25) is 0 Å². The van der Waals surface area contributed by atoms with Crippen molar-refractivity contribution in [2.75, 3.05) is 6.61 Å². The second kappa shape index (κ2) is 7.47. The lowest BCUT2D eigenvalue weighted by Gasteiger charge is -2.05. The lowest BCUT2D eigenvalue weighted by Crippen LogP contribution is -1.97. The Hall–Kier alpha value is -1.82. The molecule has 0 saturated carbocycles. The molecule has 0 bridgehead atoms. The number of nitrogens with zero attached hydrogens (tertiary/aromatic N) is 1. The van der Waals surface area contributed by atoms with E-state index in [0.29, 0.717) is 18.6 Å². The maximum Gasteiger partial charge on any atom is 0.150 e. The zero-order valence-electron chi connectivity index (χ0n) is 9.19. The zero-order chi connectivity index (χ0) is 11.6. The van der Waals surface area contributed by atoms with Crippen molar-refractivity contribution < 1.29 is 9.53 Å². The first-order valence-corrected chi connectivity index (χ1v) is 5.42. The third-order valence-corrected chi connectivity index (χ3v) is 2.22. The molecule has 0 N–H and O–H groups in total. The van der Waals surface area contributed by atoms with E-state index in [1.807, 2.05) is 0 Å². The molecule has 1 aromatic carbocycles. The first-order chi connectivity index (χ1) is 7.86. The molecule has 84 valence electrons. The summed E-state index contributed by atoms with van der Waals surface area (Å²) in [5.41, 5.74) is 0.654. The lowest BCUT2D eigenvalue weighted by molar-refractivity contribution is 0.112. The summed E-state index contributed by atoms with van der Waals surface area (Å²) in [6.07, 6.45) is 4.33. The van der Waals surface area contributed by atoms with E-state index in [1.54, 1.807) is 24.3 Å². The summed E-state index contributed by atoms with van der Waals surface area (Å²) in [4.78, 5) is 10.4. The molecule has 1 rings (SSSR count). The quantitative estimate of drug-likeness (QED) is 0.521. The van der Waals surface area contributed by atoms with Crippen molar-refractivity contribution in [1.29, 1.82) is 5.26 Å². The lowest BCUT2D eigenvalue weighted by atomic mass is 10.2. The molecule has 0 atom stereocenters. The minimum atomic E-state index is 0.619. The Kier molecular flexibility index (Phi) is 5.72. The molecule has 0 radical (unpaired) electrons. The molecule has 3 nitrogen and oxygen atoms in total. The Morgan fingerprint density at radius 1 is 1.19 bits per heavy atom. The highest BCUT2D eigenvalue weighted by molar-refractivity contribution is 5.74. The van der Waals surface area contributed by atoms with Crippen LogP contribution in [0.1, 0.15) is 36.0 Å². The van der Waals surface area contributed by atoms with Crippen LogP contribution in [0, 0.1) is 11.3 Å². The van der Waals surface area contributed by atoms with Crippen LogP contribution in [-0.4, -0.2) is 12.9 Å². The van der Waals surface area contributed by atoms with Crippen molar-refractivity contribution in [3.8, 4) is 11.8 Å². The van der Waals surface area contributed by atoms with Crippen LogP contribution in [0.5, 0.6) is 5.75 Å². The number of carbonyl (C=O) groups is 1. The molecule has 3 heteroatoms. The van der Waals surface area contributed by atoms with Gasteiger partial charge >= 0.3 is 0 Å². The Morgan fingerprint density at radius 2 is 1.94 bits per heavy atom. The van der Waals surface area contributed by atoms with Crippen molar-refractivity contribution >= 4 is 6.29 Å². The standard InChI is InChI=1S/C13H15NO2/c14-9-3-1-2-4-10-16-13-7-5-12(11-15)6-8-13/h5-8,11H,1-4,10H2. The van der Waals surface area contributed by atoms with E-state index in [2.05, 4.69) is 6.07 Å². The van der Waals surface area contributed by atoms with Gasteiger partial charge in [0.05, 0.1) is 12.7 Å². The van der Waals surface area contributed by atoms with Gasteiger partial charge in [0, 0.05) is 12.0 Å². The third-order valence-electron chi connectivity index (χ3n) is 2.22. The second-order valence-electron chi connectivity index (χ2n) is 3.50. The smallest absolute Gasteiger partial charge is 0.150 e. The van der Waals surface area contributed by atoms with Gasteiger partial charge in [-0.3, -0.25) is 4.79 Å². The highest BCUT2D eigenvalue weighted by Gasteiger charge is 1.94. The monoisotopic (exact) mass is 217 g/mol. The maximum atomic E-state index is 10.4. The normalized spacial score (nSPS) is 9.44. The van der Waals surface area contributed by atoms with Gasteiger partial charge in [-0.25, -0.2) is 0 Å². The van der Waals surface area contributed by atoms with E-state index < -0.39 is 0 Å². The Bertz CT molecular complexity index is 351. The van der Waals surface area contributed by atoms with Gasteiger partial charge in [0.15, 0.2) is 0 Å². The van der Waals surface area contributed by atoms with Gasteiger partial charge in [0.25, 0.3) is 0 Å². The van der Waals surface area contributed by atoms with E-state index in [4.69, 9.17) is 10.00 Å². The molecule has 0 aliphatic carbocycles. The average Bonchev–Trinajstić information content (AvgIpc) is 2.34. The van der Waals surface area contributed by atoms with Crippen molar-refractivity contribution in [3.05, 3.63) is 29.8 Å². The van der Waals surface area contributed by atoms with E-state index in [-0.39, 0.29) is 0 Å². The molecular formula is C13H15NO2. The fraction of sp³-hybridized carbons (Fsp3) is 0.385. The first-order valence-electron chi connectivity index (χ1n) is 5.42. The largest absolute Gasteiger partial charge is 0.494 e. The molecule has 0 aliphatic rings. The number of ether oxygens (including phenoxy) is 1. The van der Waals surface area contributed by atoms with Gasteiger partial charge in [-0.1, -0.05) is 0 Å². The molecule has 0 heterocycles. The molecule has 0 amide bonds.